The summed E-state index contributed by atoms with van der Waals surface area (Å²) in [6.45, 7) is 10.9. The molecule has 0 spiro atoms. The van der Waals surface area contributed by atoms with Crippen LogP contribution in [0, 0.1) is 0 Å². The molecular weight excluding hydrogens is 388 g/mol. The molecular formula is C27H28S2. The molecule has 3 rings (SSSR count). The molecule has 0 aromatic heterocycles. The van der Waals surface area contributed by atoms with E-state index in [1.165, 1.54) is 28.4 Å². The highest BCUT2D eigenvalue weighted by molar-refractivity contribution is 7.99. The van der Waals surface area contributed by atoms with Crippen molar-refractivity contribution in [1.82, 2.24) is 0 Å². The first-order valence-corrected chi connectivity index (χ1v) is 12.2. The van der Waals surface area contributed by atoms with E-state index in [-0.39, 0.29) is 0 Å². The van der Waals surface area contributed by atoms with Gasteiger partial charge in [-0.1, -0.05) is 69.0 Å². The highest BCUT2D eigenvalue weighted by Gasteiger charge is 2.07. The fourth-order valence-electron chi connectivity index (χ4n) is 3.11. The quantitative estimate of drug-likeness (QED) is 0.253. The Hall–Kier alpha value is -2.16. The van der Waals surface area contributed by atoms with E-state index in [4.69, 9.17) is 0 Å². The Kier molecular flexibility index (Phi) is 7.85. The molecule has 0 amide bonds. The molecule has 0 heterocycles. The molecule has 0 aliphatic carbocycles. The Labute approximate surface area is 184 Å². The van der Waals surface area contributed by atoms with Gasteiger partial charge in [-0.15, -0.1) is 23.5 Å². The van der Waals surface area contributed by atoms with E-state index in [2.05, 4.69) is 99.1 Å². The topological polar surface area (TPSA) is 0 Å². The van der Waals surface area contributed by atoms with Crippen LogP contribution in [-0.2, 0) is 0 Å². The minimum Gasteiger partial charge on any atom is -0.130 e. The van der Waals surface area contributed by atoms with Crippen LogP contribution >= 0.6 is 23.5 Å². The molecule has 2 heteroatoms. The number of thioether (sulfide) groups is 2. The van der Waals surface area contributed by atoms with Crippen LogP contribution < -0.4 is 0 Å². The van der Waals surface area contributed by atoms with Crippen LogP contribution in [0.25, 0.3) is 11.1 Å². The molecule has 0 nitrogen and oxygen atoms in total. The van der Waals surface area contributed by atoms with E-state index >= 15 is 0 Å². The number of unbranched alkanes of at least 4 members (excludes halogenated alkanes) is 1. The lowest BCUT2D eigenvalue weighted by molar-refractivity contribution is 0.896. The van der Waals surface area contributed by atoms with Crippen molar-refractivity contribution in [1.29, 1.82) is 0 Å². The highest BCUT2D eigenvalue weighted by atomic mass is 32.2. The van der Waals surface area contributed by atoms with Gasteiger partial charge in [0.1, 0.15) is 0 Å². The summed E-state index contributed by atoms with van der Waals surface area (Å²) in [4.78, 5) is 2.59. The van der Waals surface area contributed by atoms with Gasteiger partial charge in [0.05, 0.1) is 0 Å². The normalized spacial score (nSPS) is 10.7. The summed E-state index contributed by atoms with van der Waals surface area (Å²) in [5.74, 6) is 1.18. The summed E-state index contributed by atoms with van der Waals surface area (Å²) in [5, 5.41) is 0. The van der Waals surface area contributed by atoms with Gasteiger partial charge in [0.2, 0.25) is 0 Å². The average molecular weight is 417 g/mol. The Balaban J connectivity index is 1.75. The van der Waals surface area contributed by atoms with Crippen LogP contribution in [0.4, 0.5) is 0 Å². The van der Waals surface area contributed by atoms with E-state index < -0.39 is 0 Å². The highest BCUT2D eigenvalue weighted by Crippen LogP contribution is 2.29. The number of hydrogen-bond donors (Lipinski definition) is 0. The maximum absolute atomic E-state index is 4.36. The van der Waals surface area contributed by atoms with Crippen molar-refractivity contribution >= 4 is 34.7 Å². The lowest BCUT2D eigenvalue weighted by Crippen LogP contribution is -1.91. The van der Waals surface area contributed by atoms with Crippen LogP contribution in [-0.4, -0.2) is 12.0 Å². The zero-order valence-electron chi connectivity index (χ0n) is 17.3. The summed E-state index contributed by atoms with van der Waals surface area (Å²) in [6, 6.07) is 25.9. The smallest absolute Gasteiger partial charge is 0.00723 e. The number of benzene rings is 3. The van der Waals surface area contributed by atoms with Crippen molar-refractivity contribution in [3.8, 4) is 0 Å². The van der Waals surface area contributed by atoms with Gasteiger partial charge < -0.3 is 0 Å². The largest absolute Gasteiger partial charge is 0.130 e. The third-order valence-corrected chi connectivity index (χ3v) is 6.81. The van der Waals surface area contributed by atoms with Crippen LogP contribution in [0.3, 0.4) is 0 Å². The van der Waals surface area contributed by atoms with Crippen molar-refractivity contribution in [2.24, 2.45) is 0 Å². The Morgan fingerprint density at radius 3 is 1.72 bits per heavy atom. The van der Waals surface area contributed by atoms with Gasteiger partial charge in [-0.25, -0.2) is 0 Å². The predicted molar refractivity (Wildman–Crippen MR) is 133 cm³/mol. The first-order valence-electron chi connectivity index (χ1n) is 9.98. The van der Waals surface area contributed by atoms with Gasteiger partial charge in [0, 0.05) is 9.79 Å². The van der Waals surface area contributed by atoms with E-state index in [9.17, 15) is 0 Å². The second-order valence-corrected chi connectivity index (χ2v) is 9.04. The second-order valence-electron chi connectivity index (χ2n) is 6.99. The molecule has 0 saturated carbocycles. The van der Waals surface area contributed by atoms with Crippen LogP contribution in [0.15, 0.2) is 95.7 Å². The molecule has 0 aliphatic heterocycles. The first-order chi connectivity index (χ1) is 14.1. The second kappa shape index (κ2) is 10.6. The summed E-state index contributed by atoms with van der Waals surface area (Å²) in [5.41, 5.74) is 6.66. The summed E-state index contributed by atoms with van der Waals surface area (Å²) < 4.78 is 0. The summed E-state index contributed by atoms with van der Waals surface area (Å²) in [7, 11) is 0. The lowest BCUT2D eigenvalue weighted by atomic mass is 9.94. The van der Waals surface area contributed by atoms with Gasteiger partial charge in [-0.3, -0.25) is 0 Å². The van der Waals surface area contributed by atoms with Crippen LogP contribution in [0.2, 0.25) is 0 Å². The monoisotopic (exact) mass is 416 g/mol. The predicted octanol–water partition coefficient (Wildman–Crippen LogP) is 8.42. The molecule has 3 aromatic rings. The van der Waals surface area contributed by atoms with Gasteiger partial charge in [-0.05, 0) is 82.2 Å². The van der Waals surface area contributed by atoms with Gasteiger partial charge in [-0.2, -0.15) is 0 Å². The minimum atomic E-state index is 1.04. The average Bonchev–Trinajstić information content (AvgIpc) is 2.79. The van der Waals surface area contributed by atoms with Crippen LogP contribution in [0.1, 0.15) is 42.0 Å². The van der Waals surface area contributed by atoms with Gasteiger partial charge in [0.15, 0.2) is 0 Å². The minimum absolute atomic E-state index is 1.04. The van der Waals surface area contributed by atoms with Crippen molar-refractivity contribution < 1.29 is 0 Å². The molecule has 0 bridgehead atoms. The zero-order valence-corrected chi connectivity index (χ0v) is 18.9. The Bertz CT molecular complexity index is 966. The summed E-state index contributed by atoms with van der Waals surface area (Å²) in [6.07, 6.45) is 4.59. The SMILES string of the molecule is C=C(c1ccc(SC)cc1)c1cccc(C(=C)c2ccc(SCCCC)cc2)c1. The lowest BCUT2D eigenvalue weighted by Gasteiger charge is -2.12. The third-order valence-electron chi connectivity index (χ3n) is 4.97. The molecule has 0 atom stereocenters. The first kappa shape index (κ1) is 21.5. The zero-order chi connectivity index (χ0) is 20.6. The standard InChI is InChI=1S/C27H28S2/c1-5-6-18-29-27-16-12-23(13-17-27)21(3)25-9-7-8-24(19-25)20(2)22-10-14-26(28-4)15-11-22/h7-17,19H,2-3,5-6,18H2,1,4H3. The van der Waals surface area contributed by atoms with Crippen molar-refractivity contribution in [2.75, 3.05) is 12.0 Å². The Morgan fingerprint density at radius 2 is 1.24 bits per heavy atom. The van der Waals surface area contributed by atoms with E-state index in [0.717, 1.165) is 33.4 Å². The summed E-state index contributed by atoms with van der Waals surface area (Å²) >= 11 is 3.68. The molecule has 0 unspecified atom stereocenters. The van der Waals surface area contributed by atoms with E-state index in [1.54, 1.807) is 11.8 Å². The van der Waals surface area contributed by atoms with Crippen LogP contribution in [0.5, 0.6) is 0 Å². The van der Waals surface area contributed by atoms with Crippen molar-refractivity contribution in [3.05, 3.63) is 108 Å². The van der Waals surface area contributed by atoms with Crippen molar-refractivity contribution in [2.45, 2.75) is 29.6 Å². The van der Waals surface area contributed by atoms with Gasteiger partial charge >= 0.3 is 0 Å². The molecule has 3 aromatic carbocycles. The molecule has 29 heavy (non-hydrogen) atoms. The fraction of sp³-hybridized carbons (Fsp3) is 0.185. The molecule has 0 N–H and O–H groups in total. The van der Waals surface area contributed by atoms with Gasteiger partial charge in [0.25, 0.3) is 0 Å². The third kappa shape index (κ3) is 5.68. The van der Waals surface area contributed by atoms with E-state index in [1.807, 2.05) is 11.8 Å². The van der Waals surface area contributed by atoms with Crippen molar-refractivity contribution in [3.63, 3.8) is 0 Å². The van der Waals surface area contributed by atoms with E-state index in [0.29, 0.717) is 0 Å². The maximum atomic E-state index is 4.36. The Morgan fingerprint density at radius 1 is 0.724 bits per heavy atom. The molecule has 0 saturated heterocycles. The molecule has 0 radical (unpaired) electrons. The molecule has 0 aliphatic rings. The molecule has 0 fully saturated rings. The molecule has 148 valence electrons. The number of rotatable bonds is 9. The maximum Gasteiger partial charge on any atom is 0.00723 e. The number of hydrogen-bond acceptors (Lipinski definition) is 2. The fourth-order valence-corrected chi connectivity index (χ4v) is 4.51.